The van der Waals surface area contributed by atoms with E-state index in [2.05, 4.69) is 9.44 Å². The van der Waals surface area contributed by atoms with E-state index in [9.17, 15) is 16.8 Å². The first-order valence-corrected chi connectivity index (χ1v) is 12.6. The highest BCUT2D eigenvalue weighted by Gasteiger charge is 2.20. The van der Waals surface area contributed by atoms with Gasteiger partial charge in [-0.15, -0.1) is 0 Å². The minimum absolute atomic E-state index is 0.0299. The number of anilines is 2. The van der Waals surface area contributed by atoms with E-state index in [0.717, 1.165) is 0 Å². The molecule has 0 aliphatic heterocycles. The quantitative estimate of drug-likeness (QED) is 0.483. The van der Waals surface area contributed by atoms with Crippen molar-refractivity contribution in [1.29, 1.82) is 0 Å². The van der Waals surface area contributed by atoms with Gasteiger partial charge in [0, 0.05) is 5.69 Å². The third kappa shape index (κ3) is 5.51. The van der Waals surface area contributed by atoms with E-state index < -0.39 is 20.0 Å². The summed E-state index contributed by atoms with van der Waals surface area (Å²) in [5, 5.41) is 0. The van der Waals surface area contributed by atoms with Crippen LogP contribution in [0.3, 0.4) is 0 Å². The van der Waals surface area contributed by atoms with Crippen LogP contribution in [0.2, 0.25) is 0 Å². The number of aryl methyl sites for hydroxylation is 1. The van der Waals surface area contributed by atoms with E-state index in [-0.39, 0.29) is 15.5 Å². The Hall–Kier alpha value is -3.24. The normalized spacial score (nSPS) is 11.6. The van der Waals surface area contributed by atoms with Crippen LogP contribution in [0.1, 0.15) is 12.5 Å². The third-order valence-electron chi connectivity index (χ3n) is 4.52. The molecule has 0 heterocycles. The molecule has 0 atom stereocenters. The molecule has 0 spiro atoms. The first-order valence-electron chi connectivity index (χ1n) is 9.68. The standard InChI is InChI=1S/C22H24N2O6S2/c1-4-30-20-11-13-21(14-12-20)31(25,26)24-18-6-5-16(2)22(15-18)32(27,28)23-17-7-9-19(29-3)10-8-17/h5-15,23-24H,4H2,1-3H3. The second-order valence-electron chi connectivity index (χ2n) is 6.82. The van der Waals surface area contributed by atoms with Gasteiger partial charge >= 0.3 is 0 Å². The monoisotopic (exact) mass is 476 g/mol. The van der Waals surface area contributed by atoms with Crippen molar-refractivity contribution in [2.75, 3.05) is 23.2 Å². The minimum atomic E-state index is -3.96. The summed E-state index contributed by atoms with van der Waals surface area (Å²) in [6, 6.07) is 16.7. The van der Waals surface area contributed by atoms with Gasteiger partial charge < -0.3 is 9.47 Å². The SMILES string of the molecule is CCOc1ccc(S(=O)(=O)Nc2ccc(C)c(S(=O)(=O)Nc3ccc(OC)cc3)c2)cc1. The Kier molecular flexibility index (Phi) is 6.95. The van der Waals surface area contributed by atoms with Crippen molar-refractivity contribution in [3.8, 4) is 11.5 Å². The highest BCUT2D eigenvalue weighted by molar-refractivity contribution is 7.93. The van der Waals surface area contributed by atoms with Gasteiger partial charge in [-0.25, -0.2) is 16.8 Å². The van der Waals surface area contributed by atoms with Crippen molar-refractivity contribution in [2.24, 2.45) is 0 Å². The number of benzene rings is 3. The molecule has 0 fully saturated rings. The summed E-state index contributed by atoms with van der Waals surface area (Å²) in [4.78, 5) is -0.0116. The first-order chi connectivity index (χ1) is 15.1. The van der Waals surface area contributed by atoms with Crippen molar-refractivity contribution < 1.29 is 26.3 Å². The highest BCUT2D eigenvalue weighted by Crippen LogP contribution is 2.26. The van der Waals surface area contributed by atoms with E-state index in [4.69, 9.17) is 9.47 Å². The van der Waals surface area contributed by atoms with Gasteiger partial charge in [-0.05, 0) is 80.1 Å². The molecule has 8 nitrogen and oxygen atoms in total. The van der Waals surface area contributed by atoms with Crippen LogP contribution in [-0.4, -0.2) is 30.6 Å². The maximum Gasteiger partial charge on any atom is 0.262 e. The molecular weight excluding hydrogens is 452 g/mol. The van der Waals surface area contributed by atoms with E-state index in [1.165, 1.54) is 31.4 Å². The average Bonchev–Trinajstić information content (AvgIpc) is 2.76. The van der Waals surface area contributed by atoms with E-state index >= 15 is 0 Å². The fourth-order valence-corrected chi connectivity index (χ4v) is 5.30. The lowest BCUT2D eigenvalue weighted by Gasteiger charge is -2.14. The molecule has 0 aliphatic rings. The van der Waals surface area contributed by atoms with Crippen LogP contribution >= 0.6 is 0 Å². The second kappa shape index (κ2) is 9.49. The summed E-state index contributed by atoms with van der Waals surface area (Å²) < 4.78 is 66.7. The van der Waals surface area contributed by atoms with Crippen molar-refractivity contribution in [1.82, 2.24) is 0 Å². The molecule has 0 unspecified atom stereocenters. The molecule has 3 aromatic carbocycles. The Morgan fingerprint density at radius 1 is 0.750 bits per heavy atom. The van der Waals surface area contributed by atoms with E-state index in [1.54, 1.807) is 49.4 Å². The maximum absolute atomic E-state index is 12.9. The zero-order chi connectivity index (χ0) is 23.4. The molecule has 0 bridgehead atoms. The number of nitrogens with one attached hydrogen (secondary N) is 2. The second-order valence-corrected chi connectivity index (χ2v) is 10.2. The number of hydrogen-bond donors (Lipinski definition) is 2. The van der Waals surface area contributed by atoms with Crippen LogP contribution < -0.4 is 18.9 Å². The van der Waals surface area contributed by atoms with Gasteiger partial charge in [0.25, 0.3) is 20.0 Å². The number of sulfonamides is 2. The predicted molar refractivity (Wildman–Crippen MR) is 123 cm³/mol. The van der Waals surface area contributed by atoms with Crippen LogP contribution in [0.4, 0.5) is 11.4 Å². The Morgan fingerprint density at radius 3 is 1.91 bits per heavy atom. The molecule has 3 rings (SSSR count). The summed E-state index contributed by atoms with van der Waals surface area (Å²) in [6.45, 7) is 3.93. The molecule has 0 radical (unpaired) electrons. The highest BCUT2D eigenvalue weighted by atomic mass is 32.2. The molecule has 32 heavy (non-hydrogen) atoms. The van der Waals surface area contributed by atoms with Crippen LogP contribution in [0, 0.1) is 6.92 Å². The summed E-state index contributed by atoms with van der Waals surface area (Å²) in [5.41, 5.74) is 0.945. The minimum Gasteiger partial charge on any atom is -0.497 e. The van der Waals surface area contributed by atoms with Crippen molar-refractivity contribution in [2.45, 2.75) is 23.6 Å². The first kappa shape index (κ1) is 23.4. The largest absolute Gasteiger partial charge is 0.497 e. The van der Waals surface area contributed by atoms with Crippen LogP contribution in [0.25, 0.3) is 0 Å². The van der Waals surface area contributed by atoms with Crippen LogP contribution in [-0.2, 0) is 20.0 Å². The number of methoxy groups -OCH3 is 1. The average molecular weight is 477 g/mol. The Bertz CT molecular complexity index is 1290. The van der Waals surface area contributed by atoms with Gasteiger partial charge in [0.2, 0.25) is 0 Å². The van der Waals surface area contributed by atoms with E-state index in [1.807, 2.05) is 6.92 Å². The molecule has 0 amide bonds. The molecule has 0 aromatic heterocycles. The van der Waals surface area contributed by atoms with Gasteiger partial charge in [0.1, 0.15) is 11.5 Å². The van der Waals surface area contributed by atoms with Crippen LogP contribution in [0.15, 0.2) is 76.5 Å². The Balaban J connectivity index is 1.85. The molecule has 0 saturated heterocycles. The molecular formula is C22H24N2O6S2. The van der Waals surface area contributed by atoms with Crippen molar-refractivity contribution in [3.63, 3.8) is 0 Å². The molecule has 170 valence electrons. The van der Waals surface area contributed by atoms with Gasteiger partial charge in [-0.2, -0.15) is 0 Å². The maximum atomic E-state index is 12.9. The lowest BCUT2D eigenvalue weighted by atomic mass is 10.2. The third-order valence-corrected chi connectivity index (χ3v) is 7.44. The summed E-state index contributed by atoms with van der Waals surface area (Å²) in [5.74, 6) is 1.15. The zero-order valence-corrected chi connectivity index (χ0v) is 19.5. The molecule has 0 saturated carbocycles. The topological polar surface area (TPSA) is 111 Å². The summed E-state index contributed by atoms with van der Waals surface area (Å²) >= 11 is 0. The lowest BCUT2D eigenvalue weighted by Crippen LogP contribution is -2.16. The molecule has 0 aliphatic carbocycles. The predicted octanol–water partition coefficient (Wildman–Crippen LogP) is 4.00. The number of hydrogen-bond acceptors (Lipinski definition) is 6. The molecule has 3 aromatic rings. The van der Waals surface area contributed by atoms with E-state index in [0.29, 0.717) is 29.4 Å². The zero-order valence-electron chi connectivity index (χ0n) is 17.8. The summed E-state index contributed by atoms with van der Waals surface area (Å²) in [7, 11) is -6.37. The fraction of sp³-hybridized carbons (Fsp3) is 0.182. The Labute approximate surface area is 188 Å². The van der Waals surface area contributed by atoms with Gasteiger partial charge in [0.15, 0.2) is 0 Å². The number of ether oxygens (including phenoxy) is 2. The van der Waals surface area contributed by atoms with Crippen molar-refractivity contribution in [3.05, 3.63) is 72.3 Å². The smallest absolute Gasteiger partial charge is 0.262 e. The Morgan fingerprint density at radius 2 is 1.31 bits per heavy atom. The fourth-order valence-electron chi connectivity index (χ4n) is 2.92. The molecule has 10 heteroatoms. The lowest BCUT2D eigenvalue weighted by molar-refractivity contribution is 0.340. The van der Waals surface area contributed by atoms with Gasteiger partial charge in [-0.1, -0.05) is 6.07 Å². The van der Waals surface area contributed by atoms with Crippen molar-refractivity contribution >= 4 is 31.4 Å². The van der Waals surface area contributed by atoms with Gasteiger partial charge in [0.05, 0.1) is 29.2 Å². The van der Waals surface area contributed by atoms with Crippen LogP contribution in [0.5, 0.6) is 11.5 Å². The molecule has 2 N–H and O–H groups in total. The number of rotatable bonds is 9. The summed E-state index contributed by atoms with van der Waals surface area (Å²) in [6.07, 6.45) is 0. The van der Waals surface area contributed by atoms with Gasteiger partial charge in [-0.3, -0.25) is 9.44 Å².